The molecule has 94 valence electrons. The highest BCUT2D eigenvalue weighted by atomic mass is 35.5. The van der Waals surface area contributed by atoms with Crippen LogP contribution in [0.4, 0.5) is 10.1 Å². The molecule has 0 aliphatic heterocycles. The van der Waals surface area contributed by atoms with E-state index in [2.05, 4.69) is 4.72 Å². The Morgan fingerprint density at radius 1 is 1.06 bits per heavy atom. The number of benzene rings is 2. The van der Waals surface area contributed by atoms with Gasteiger partial charge >= 0.3 is 0 Å². The predicted molar refractivity (Wildman–Crippen MR) is 68.7 cm³/mol. The van der Waals surface area contributed by atoms with Crippen LogP contribution in [0.3, 0.4) is 0 Å². The molecule has 6 heteroatoms. The van der Waals surface area contributed by atoms with Crippen molar-refractivity contribution in [2.45, 2.75) is 4.90 Å². The maximum absolute atomic E-state index is 13.1. The first kappa shape index (κ1) is 12.9. The average Bonchev–Trinajstić information content (AvgIpc) is 2.28. The Morgan fingerprint density at radius 3 is 2.33 bits per heavy atom. The smallest absolute Gasteiger partial charge is 0.261 e. The second-order valence-electron chi connectivity index (χ2n) is 3.58. The van der Waals surface area contributed by atoms with Gasteiger partial charge < -0.3 is 0 Å². The van der Waals surface area contributed by atoms with Crippen LogP contribution in [0.25, 0.3) is 0 Å². The molecule has 3 nitrogen and oxygen atoms in total. The molecule has 0 aliphatic carbocycles. The fourth-order valence-electron chi connectivity index (χ4n) is 1.43. The highest BCUT2D eigenvalue weighted by Gasteiger charge is 2.14. The van der Waals surface area contributed by atoms with Gasteiger partial charge in [-0.25, -0.2) is 12.8 Å². The molecule has 0 amide bonds. The van der Waals surface area contributed by atoms with Crippen molar-refractivity contribution in [3.05, 3.63) is 59.4 Å². The second kappa shape index (κ2) is 4.96. The second-order valence-corrected chi connectivity index (χ2v) is 5.70. The third-order valence-corrected chi connectivity index (χ3v) is 3.78. The molecular weight excluding hydrogens is 277 g/mol. The quantitative estimate of drug-likeness (QED) is 0.941. The van der Waals surface area contributed by atoms with Crippen LogP contribution in [0, 0.1) is 5.82 Å². The Hall–Kier alpha value is -1.59. The van der Waals surface area contributed by atoms with Gasteiger partial charge in [0.2, 0.25) is 0 Å². The third kappa shape index (κ3) is 3.00. The maximum Gasteiger partial charge on any atom is 0.261 e. The minimum Gasteiger partial charge on any atom is -0.279 e. The van der Waals surface area contributed by atoms with Gasteiger partial charge in [-0.1, -0.05) is 29.8 Å². The van der Waals surface area contributed by atoms with E-state index in [4.69, 9.17) is 11.6 Å². The number of anilines is 1. The van der Waals surface area contributed by atoms with Crippen molar-refractivity contribution in [1.82, 2.24) is 0 Å². The number of hydrogen-bond acceptors (Lipinski definition) is 2. The Bertz CT molecular complexity index is 639. The molecule has 2 aromatic rings. The molecule has 0 unspecified atom stereocenters. The third-order valence-electron chi connectivity index (χ3n) is 2.17. The van der Waals surface area contributed by atoms with Crippen LogP contribution in [0.15, 0.2) is 53.4 Å². The highest BCUT2D eigenvalue weighted by molar-refractivity contribution is 7.92. The van der Waals surface area contributed by atoms with Gasteiger partial charge in [0.05, 0.1) is 10.6 Å². The summed E-state index contributed by atoms with van der Waals surface area (Å²) in [7, 11) is -3.72. The largest absolute Gasteiger partial charge is 0.279 e. The van der Waals surface area contributed by atoms with Crippen LogP contribution in [0.2, 0.25) is 5.02 Å². The number of hydrogen-bond donors (Lipinski definition) is 1. The van der Waals surface area contributed by atoms with Crippen molar-refractivity contribution in [2.75, 3.05) is 4.72 Å². The zero-order chi connectivity index (χ0) is 13.2. The Balaban J connectivity index is 2.34. The molecule has 0 aliphatic rings. The molecule has 0 heterocycles. The van der Waals surface area contributed by atoms with Gasteiger partial charge in [-0.2, -0.15) is 0 Å². The Morgan fingerprint density at radius 2 is 1.72 bits per heavy atom. The van der Waals surface area contributed by atoms with E-state index in [0.29, 0.717) is 0 Å². The van der Waals surface area contributed by atoms with Crippen molar-refractivity contribution in [2.24, 2.45) is 0 Å². The molecule has 0 fully saturated rings. The molecule has 2 rings (SSSR count). The lowest BCUT2D eigenvalue weighted by Gasteiger charge is -2.08. The fraction of sp³-hybridized carbons (Fsp3) is 0. The average molecular weight is 286 g/mol. The summed E-state index contributed by atoms with van der Waals surface area (Å²) >= 11 is 5.65. The molecule has 2 aromatic carbocycles. The van der Waals surface area contributed by atoms with Crippen LogP contribution in [-0.4, -0.2) is 8.42 Å². The minimum atomic E-state index is -3.72. The summed E-state index contributed by atoms with van der Waals surface area (Å²) in [6, 6.07) is 11.3. The number of nitrogens with one attached hydrogen (secondary N) is 1. The fourth-order valence-corrected chi connectivity index (χ4v) is 2.71. The van der Waals surface area contributed by atoms with Gasteiger partial charge in [-0.05, 0) is 30.3 Å². The summed E-state index contributed by atoms with van der Waals surface area (Å²) in [5.74, 6) is -0.603. The van der Waals surface area contributed by atoms with Crippen molar-refractivity contribution >= 4 is 27.3 Å². The number of halogens is 2. The molecule has 0 saturated carbocycles. The highest BCUT2D eigenvalue weighted by Crippen LogP contribution is 2.21. The van der Waals surface area contributed by atoms with Crippen LogP contribution < -0.4 is 4.72 Å². The molecular formula is C12H9ClFNO2S. The normalized spacial score (nSPS) is 11.2. The summed E-state index contributed by atoms with van der Waals surface area (Å²) in [6.07, 6.45) is 0. The first-order valence-corrected chi connectivity index (χ1v) is 6.87. The molecule has 1 N–H and O–H groups in total. The zero-order valence-corrected chi connectivity index (χ0v) is 10.7. The lowest BCUT2D eigenvalue weighted by Crippen LogP contribution is -2.12. The van der Waals surface area contributed by atoms with Crippen LogP contribution in [0.1, 0.15) is 0 Å². The SMILES string of the molecule is O=S(=O)(Nc1cc(F)cc(Cl)c1)c1ccccc1. The van der Waals surface area contributed by atoms with E-state index in [1.807, 2.05) is 0 Å². The van der Waals surface area contributed by atoms with Gasteiger partial charge in [-0.15, -0.1) is 0 Å². The lowest BCUT2D eigenvalue weighted by atomic mass is 10.3. The molecule has 0 spiro atoms. The summed E-state index contributed by atoms with van der Waals surface area (Å²) in [6.45, 7) is 0. The van der Waals surface area contributed by atoms with Crippen LogP contribution in [0.5, 0.6) is 0 Å². The van der Waals surface area contributed by atoms with Gasteiger partial charge in [0, 0.05) is 5.02 Å². The molecule has 18 heavy (non-hydrogen) atoms. The lowest BCUT2D eigenvalue weighted by molar-refractivity contribution is 0.601. The zero-order valence-electron chi connectivity index (χ0n) is 9.10. The van der Waals surface area contributed by atoms with E-state index >= 15 is 0 Å². The molecule has 0 bridgehead atoms. The molecule has 0 atom stereocenters. The topological polar surface area (TPSA) is 46.2 Å². The first-order valence-electron chi connectivity index (χ1n) is 5.01. The van der Waals surface area contributed by atoms with Gasteiger partial charge in [0.25, 0.3) is 10.0 Å². The number of rotatable bonds is 3. The van der Waals surface area contributed by atoms with Crippen molar-refractivity contribution in [3.8, 4) is 0 Å². The van der Waals surface area contributed by atoms with E-state index in [1.165, 1.54) is 18.2 Å². The minimum absolute atomic E-state index is 0.0869. The van der Waals surface area contributed by atoms with E-state index in [1.54, 1.807) is 18.2 Å². The van der Waals surface area contributed by atoms with Crippen molar-refractivity contribution < 1.29 is 12.8 Å². The van der Waals surface area contributed by atoms with Crippen LogP contribution in [-0.2, 0) is 10.0 Å². The van der Waals surface area contributed by atoms with Crippen molar-refractivity contribution in [1.29, 1.82) is 0 Å². The predicted octanol–water partition coefficient (Wildman–Crippen LogP) is 3.28. The van der Waals surface area contributed by atoms with E-state index in [-0.39, 0.29) is 15.6 Å². The summed E-state index contributed by atoms with van der Waals surface area (Å²) in [5, 5.41) is 0.126. The van der Waals surface area contributed by atoms with E-state index < -0.39 is 15.8 Å². The van der Waals surface area contributed by atoms with Gasteiger partial charge in [0.1, 0.15) is 5.82 Å². The van der Waals surface area contributed by atoms with Gasteiger partial charge in [-0.3, -0.25) is 4.72 Å². The number of sulfonamides is 1. The standard InChI is InChI=1S/C12H9ClFNO2S/c13-9-6-10(14)8-11(7-9)15-18(16,17)12-4-2-1-3-5-12/h1-8,15H. The monoisotopic (exact) mass is 285 g/mol. The Kier molecular flexibility index (Phi) is 3.54. The summed E-state index contributed by atoms with van der Waals surface area (Å²) < 4.78 is 39.2. The van der Waals surface area contributed by atoms with E-state index in [0.717, 1.165) is 12.1 Å². The maximum atomic E-state index is 13.1. The van der Waals surface area contributed by atoms with Crippen molar-refractivity contribution in [3.63, 3.8) is 0 Å². The first-order chi connectivity index (χ1) is 8.47. The summed E-state index contributed by atoms with van der Waals surface area (Å²) in [5.41, 5.74) is 0.0869. The summed E-state index contributed by atoms with van der Waals surface area (Å²) in [4.78, 5) is 0.102. The Labute approximate surface area is 109 Å². The van der Waals surface area contributed by atoms with E-state index in [9.17, 15) is 12.8 Å². The molecule has 0 saturated heterocycles. The molecule has 0 aromatic heterocycles. The molecule has 0 radical (unpaired) electrons. The van der Waals surface area contributed by atoms with Crippen LogP contribution >= 0.6 is 11.6 Å². The van der Waals surface area contributed by atoms with Gasteiger partial charge in [0.15, 0.2) is 0 Å².